The zero-order valence-corrected chi connectivity index (χ0v) is 21.7. The van der Waals surface area contributed by atoms with Crippen LogP contribution in [0.25, 0.3) is 22.0 Å². The third kappa shape index (κ3) is 10.1. The SMILES string of the molecule is CC.CNCc1nc(NCC=O)c2ccccc2n1.COC.O=Cc1ccc(-c2ccccc2)cc1. The van der Waals surface area contributed by atoms with Crippen molar-refractivity contribution in [2.75, 3.05) is 33.1 Å². The molecule has 2 N–H and O–H groups in total. The highest BCUT2D eigenvalue weighted by Crippen LogP contribution is 2.20. The molecule has 0 unspecified atom stereocenters. The molecule has 0 aliphatic carbocycles. The summed E-state index contributed by atoms with van der Waals surface area (Å²) in [4.78, 5) is 29.7. The van der Waals surface area contributed by atoms with Gasteiger partial charge >= 0.3 is 0 Å². The molecule has 0 radical (unpaired) electrons. The zero-order chi connectivity index (χ0) is 26.6. The van der Waals surface area contributed by atoms with Crippen molar-refractivity contribution in [3.8, 4) is 11.1 Å². The lowest BCUT2D eigenvalue weighted by molar-refractivity contribution is -0.106. The number of methoxy groups -OCH3 is 1. The molecule has 1 heterocycles. The van der Waals surface area contributed by atoms with Gasteiger partial charge in [0.1, 0.15) is 24.2 Å². The maximum Gasteiger partial charge on any atom is 0.150 e. The van der Waals surface area contributed by atoms with Crippen LogP contribution < -0.4 is 10.6 Å². The number of aldehydes is 2. The molecule has 3 aromatic carbocycles. The van der Waals surface area contributed by atoms with Gasteiger partial charge in [0, 0.05) is 25.2 Å². The summed E-state index contributed by atoms with van der Waals surface area (Å²) in [6, 6.07) is 25.4. The van der Waals surface area contributed by atoms with Crippen LogP contribution in [0.5, 0.6) is 0 Å². The van der Waals surface area contributed by atoms with E-state index >= 15 is 0 Å². The first-order valence-corrected chi connectivity index (χ1v) is 11.7. The van der Waals surface area contributed by atoms with E-state index in [0.29, 0.717) is 23.8 Å². The molecule has 0 bridgehead atoms. The number of aromatic nitrogens is 2. The van der Waals surface area contributed by atoms with Gasteiger partial charge in [-0.15, -0.1) is 0 Å². The third-order valence-corrected chi connectivity index (χ3v) is 4.49. The summed E-state index contributed by atoms with van der Waals surface area (Å²) in [5.41, 5.74) is 3.90. The largest absolute Gasteiger partial charge is 0.388 e. The van der Waals surface area contributed by atoms with E-state index in [1.165, 1.54) is 5.56 Å². The van der Waals surface area contributed by atoms with Crippen molar-refractivity contribution in [3.63, 3.8) is 0 Å². The smallest absolute Gasteiger partial charge is 0.150 e. The molecular weight excluding hydrogens is 452 g/mol. The monoisotopic (exact) mass is 488 g/mol. The molecule has 0 saturated carbocycles. The van der Waals surface area contributed by atoms with E-state index in [2.05, 4.69) is 37.5 Å². The molecular formula is C29H36N4O3. The van der Waals surface area contributed by atoms with Crippen molar-refractivity contribution >= 4 is 29.3 Å². The van der Waals surface area contributed by atoms with Gasteiger partial charge in [0.05, 0.1) is 18.6 Å². The Morgan fingerprint density at radius 2 is 1.39 bits per heavy atom. The number of hydrogen-bond acceptors (Lipinski definition) is 7. The van der Waals surface area contributed by atoms with Crippen LogP contribution in [0.15, 0.2) is 78.9 Å². The van der Waals surface area contributed by atoms with Crippen LogP contribution in [0.4, 0.5) is 5.82 Å². The van der Waals surface area contributed by atoms with E-state index in [9.17, 15) is 9.59 Å². The van der Waals surface area contributed by atoms with Crippen LogP contribution in [-0.4, -0.2) is 50.4 Å². The highest BCUT2D eigenvalue weighted by molar-refractivity contribution is 5.89. The molecule has 36 heavy (non-hydrogen) atoms. The normalized spacial score (nSPS) is 9.36. The number of anilines is 1. The van der Waals surface area contributed by atoms with Gasteiger partial charge in [0.15, 0.2) is 0 Å². The second kappa shape index (κ2) is 18.4. The maximum absolute atomic E-state index is 10.5. The molecule has 0 aliphatic heterocycles. The van der Waals surface area contributed by atoms with E-state index in [1.807, 2.05) is 87.6 Å². The van der Waals surface area contributed by atoms with Crippen LogP contribution in [0.2, 0.25) is 0 Å². The van der Waals surface area contributed by atoms with Gasteiger partial charge in [-0.1, -0.05) is 80.6 Å². The summed E-state index contributed by atoms with van der Waals surface area (Å²) >= 11 is 0. The van der Waals surface area contributed by atoms with Crippen molar-refractivity contribution in [1.82, 2.24) is 15.3 Å². The number of carbonyl (C=O) groups is 2. The number of rotatable bonds is 7. The number of ether oxygens (including phenoxy) is 1. The Bertz CT molecular complexity index is 1150. The standard InChI is InChI=1S/C13H10O.C12H14N4O.C2H6O.C2H6/c14-10-11-6-8-13(9-7-11)12-4-2-1-3-5-12;1-13-8-11-15-10-5-3-2-4-9(10)12(16-11)14-6-7-17;1-3-2;1-2/h1-10H;2-5,7,13H,6,8H2,1H3,(H,14,15,16);1-2H3;1-2H3. The average molecular weight is 489 g/mol. The fourth-order valence-corrected chi connectivity index (χ4v) is 3.02. The molecule has 0 spiro atoms. The molecule has 7 heteroatoms. The Morgan fingerprint density at radius 1 is 0.806 bits per heavy atom. The number of para-hydroxylation sites is 1. The van der Waals surface area contributed by atoms with Crippen LogP contribution in [0, 0.1) is 0 Å². The molecule has 0 atom stereocenters. The minimum absolute atomic E-state index is 0.250. The van der Waals surface area contributed by atoms with Gasteiger partial charge in [-0.25, -0.2) is 9.97 Å². The van der Waals surface area contributed by atoms with E-state index in [4.69, 9.17) is 0 Å². The Kier molecular flexibility index (Phi) is 15.4. The molecule has 190 valence electrons. The minimum Gasteiger partial charge on any atom is -0.388 e. The van der Waals surface area contributed by atoms with Crippen molar-refractivity contribution in [3.05, 3.63) is 90.3 Å². The third-order valence-electron chi connectivity index (χ3n) is 4.49. The number of fused-ring (bicyclic) bond motifs is 1. The Labute approximate surface area is 214 Å². The fourth-order valence-electron chi connectivity index (χ4n) is 3.02. The van der Waals surface area contributed by atoms with Crippen LogP contribution in [-0.2, 0) is 16.1 Å². The number of benzene rings is 3. The summed E-state index contributed by atoms with van der Waals surface area (Å²) in [5.74, 6) is 1.41. The molecule has 7 nitrogen and oxygen atoms in total. The van der Waals surface area contributed by atoms with E-state index < -0.39 is 0 Å². The Morgan fingerprint density at radius 3 is 1.97 bits per heavy atom. The highest BCUT2D eigenvalue weighted by Gasteiger charge is 2.06. The summed E-state index contributed by atoms with van der Waals surface area (Å²) in [7, 11) is 5.09. The van der Waals surface area contributed by atoms with Crippen molar-refractivity contribution in [2.45, 2.75) is 20.4 Å². The number of nitrogens with zero attached hydrogens (tertiary/aromatic N) is 2. The molecule has 4 aromatic rings. The lowest BCUT2D eigenvalue weighted by atomic mass is 10.0. The summed E-state index contributed by atoms with van der Waals surface area (Å²) < 4.78 is 4.25. The van der Waals surface area contributed by atoms with E-state index in [-0.39, 0.29) is 6.54 Å². The van der Waals surface area contributed by atoms with Gasteiger partial charge in [0.25, 0.3) is 0 Å². The average Bonchev–Trinajstić information content (AvgIpc) is 2.94. The molecule has 0 fully saturated rings. The van der Waals surface area contributed by atoms with E-state index in [1.54, 1.807) is 14.2 Å². The van der Waals surface area contributed by atoms with Crippen LogP contribution in [0.3, 0.4) is 0 Å². The van der Waals surface area contributed by atoms with Crippen LogP contribution in [0.1, 0.15) is 30.0 Å². The van der Waals surface area contributed by atoms with Gasteiger partial charge in [-0.3, -0.25) is 4.79 Å². The maximum atomic E-state index is 10.5. The first-order valence-electron chi connectivity index (χ1n) is 11.7. The zero-order valence-electron chi connectivity index (χ0n) is 21.7. The summed E-state index contributed by atoms with van der Waals surface area (Å²) in [5, 5.41) is 6.92. The quantitative estimate of drug-likeness (QED) is 0.336. The molecule has 0 saturated heterocycles. The van der Waals surface area contributed by atoms with Gasteiger partial charge in [0.2, 0.25) is 0 Å². The topological polar surface area (TPSA) is 93.2 Å². The molecule has 0 aliphatic rings. The lowest BCUT2D eigenvalue weighted by Gasteiger charge is -2.08. The van der Waals surface area contributed by atoms with Gasteiger partial charge in [-0.05, 0) is 30.3 Å². The Balaban J connectivity index is 0.000000309. The van der Waals surface area contributed by atoms with Crippen LogP contribution >= 0.6 is 0 Å². The van der Waals surface area contributed by atoms with Crippen molar-refractivity contribution in [2.24, 2.45) is 0 Å². The highest BCUT2D eigenvalue weighted by atomic mass is 16.4. The fraction of sp³-hybridized carbons (Fsp3) is 0.241. The number of hydrogen-bond donors (Lipinski definition) is 2. The second-order valence-electron chi connectivity index (χ2n) is 7.10. The minimum atomic E-state index is 0.250. The Hall–Kier alpha value is -3.94. The lowest BCUT2D eigenvalue weighted by Crippen LogP contribution is -2.12. The summed E-state index contributed by atoms with van der Waals surface area (Å²) in [6.07, 6.45) is 1.67. The van der Waals surface area contributed by atoms with E-state index in [0.717, 1.165) is 29.0 Å². The summed E-state index contributed by atoms with van der Waals surface area (Å²) in [6.45, 7) is 4.85. The molecule has 4 rings (SSSR count). The van der Waals surface area contributed by atoms with Gasteiger partial charge < -0.3 is 20.2 Å². The first kappa shape index (κ1) is 30.1. The predicted molar refractivity (Wildman–Crippen MR) is 148 cm³/mol. The van der Waals surface area contributed by atoms with Gasteiger partial charge in [-0.2, -0.15) is 0 Å². The molecule has 0 amide bonds. The first-order chi connectivity index (χ1) is 17.7. The second-order valence-corrected chi connectivity index (χ2v) is 7.10. The van der Waals surface area contributed by atoms with Crippen molar-refractivity contribution < 1.29 is 14.3 Å². The predicted octanol–water partition coefficient (Wildman–Crippen LogP) is 5.41. The molecule has 1 aromatic heterocycles. The number of nitrogens with one attached hydrogen (secondary N) is 2. The van der Waals surface area contributed by atoms with Crippen molar-refractivity contribution in [1.29, 1.82) is 0 Å². The number of carbonyl (C=O) groups excluding carboxylic acids is 2.